The summed E-state index contributed by atoms with van der Waals surface area (Å²) in [5.74, 6) is -1.48. The number of nitrogens with zero attached hydrogens (tertiary/aromatic N) is 4. The van der Waals surface area contributed by atoms with Crippen molar-refractivity contribution in [2.24, 2.45) is 9.98 Å². The smallest absolute Gasteiger partial charge is 0.861 e. The average Bonchev–Trinajstić information content (AvgIpc) is 3.61. The third kappa shape index (κ3) is 7.57. The van der Waals surface area contributed by atoms with Crippen molar-refractivity contribution in [1.82, 2.24) is 4.90 Å². The van der Waals surface area contributed by atoms with E-state index in [1.165, 1.54) is 0 Å². The normalized spacial score (nSPS) is 18.6. The molecule has 7 nitrogen and oxygen atoms in total. The zero-order valence-electron chi connectivity index (χ0n) is 27.6. The zero-order chi connectivity index (χ0) is 33.6. The molecule has 2 heterocycles. The van der Waals surface area contributed by atoms with Crippen molar-refractivity contribution in [3.63, 3.8) is 0 Å². The molecule has 50 heavy (non-hydrogen) atoms. The first-order valence-corrected chi connectivity index (χ1v) is 16.9. The Balaban J connectivity index is 0.00000432. The first-order chi connectivity index (χ1) is 24.1. The molecule has 8 heteroatoms. The van der Waals surface area contributed by atoms with Gasteiger partial charge in [0.05, 0.1) is 23.4 Å². The fraction of sp³-hybridized carbons (Fsp3) is 0.214. The number of benzene rings is 5. The second kappa shape index (κ2) is 16.1. The number of fused-ring (bicyclic) bond motifs is 1. The van der Waals surface area contributed by atoms with Crippen LogP contribution < -0.4 is 15.1 Å². The van der Waals surface area contributed by atoms with Gasteiger partial charge in [-0.1, -0.05) is 121 Å². The van der Waals surface area contributed by atoms with E-state index >= 15 is 0 Å². The van der Waals surface area contributed by atoms with Gasteiger partial charge in [-0.15, -0.1) is 0 Å². The largest absolute Gasteiger partial charge is 2.00 e. The molecule has 0 aromatic heterocycles. The second-order valence-corrected chi connectivity index (χ2v) is 12.6. The summed E-state index contributed by atoms with van der Waals surface area (Å²) in [5, 5.41) is 27.2. The number of hydrogen-bond donors (Lipinski definition) is 0. The molecule has 1 saturated heterocycles. The van der Waals surface area contributed by atoms with Gasteiger partial charge in [0, 0.05) is 35.9 Å². The molecule has 7 rings (SSSR count). The quantitative estimate of drug-likeness (QED) is 0.109. The number of carbonyl (C=O) groups is 1. The molecule has 2 aliphatic heterocycles. The summed E-state index contributed by atoms with van der Waals surface area (Å²) in [4.78, 5) is 27.4. The van der Waals surface area contributed by atoms with E-state index in [1.807, 2.05) is 121 Å². The summed E-state index contributed by atoms with van der Waals surface area (Å²) in [5.41, 5.74) is 6.32. The average molecular weight is 705 g/mol. The van der Waals surface area contributed by atoms with Gasteiger partial charge >= 0.3 is 16.5 Å². The maximum atomic E-state index is 13.9. The van der Waals surface area contributed by atoms with Gasteiger partial charge in [-0.2, -0.15) is 0 Å². The van der Waals surface area contributed by atoms with Crippen LogP contribution in [0.1, 0.15) is 46.7 Å². The van der Waals surface area contributed by atoms with Gasteiger partial charge in [-0.05, 0) is 66.6 Å². The fourth-order valence-corrected chi connectivity index (χ4v) is 7.21. The van der Waals surface area contributed by atoms with E-state index in [0.717, 1.165) is 53.7 Å². The Morgan fingerprint density at radius 2 is 1.40 bits per heavy atom. The number of aliphatic carboxylic acids is 1. The number of likely N-dealkylation sites (tertiary alicyclic amines) is 1. The van der Waals surface area contributed by atoms with E-state index in [4.69, 9.17) is 9.98 Å². The predicted octanol–water partition coefficient (Wildman–Crippen LogP) is 5.50. The van der Waals surface area contributed by atoms with Crippen LogP contribution in [0.4, 0.5) is 11.4 Å². The Morgan fingerprint density at radius 1 is 0.760 bits per heavy atom. The van der Waals surface area contributed by atoms with E-state index in [2.05, 4.69) is 28.0 Å². The third-order valence-corrected chi connectivity index (χ3v) is 9.54. The number of anilines is 1. The molecule has 0 aliphatic carbocycles. The van der Waals surface area contributed by atoms with Crippen molar-refractivity contribution < 1.29 is 31.5 Å². The summed E-state index contributed by atoms with van der Waals surface area (Å²) in [7, 11) is 0. The van der Waals surface area contributed by atoms with Crippen LogP contribution in [0.15, 0.2) is 150 Å². The molecule has 5 aromatic rings. The van der Waals surface area contributed by atoms with E-state index < -0.39 is 18.1 Å². The number of para-hydroxylation sites is 2. The van der Waals surface area contributed by atoms with E-state index in [1.54, 1.807) is 0 Å². The summed E-state index contributed by atoms with van der Waals surface area (Å²) in [6.07, 6.45) is 2.44. The summed E-state index contributed by atoms with van der Waals surface area (Å²) >= 11 is 0. The summed E-state index contributed by atoms with van der Waals surface area (Å²) in [6.45, 7) is 2.14. The van der Waals surface area contributed by atoms with Crippen molar-refractivity contribution in [2.75, 3.05) is 18.0 Å². The topological polar surface area (TPSA) is 94.4 Å². The number of carboxylic acid groups (broad SMARTS) is 1. The van der Waals surface area contributed by atoms with Crippen molar-refractivity contribution in [1.29, 1.82) is 0 Å². The van der Waals surface area contributed by atoms with Crippen molar-refractivity contribution >= 4 is 29.0 Å². The Kier molecular flexibility index (Phi) is 11.2. The molecule has 0 bridgehead atoms. The third-order valence-electron chi connectivity index (χ3n) is 9.54. The van der Waals surface area contributed by atoms with Gasteiger partial charge in [0.2, 0.25) is 0 Å². The van der Waals surface area contributed by atoms with E-state index in [0.29, 0.717) is 30.1 Å². The molecular weight excluding hydrogens is 667 g/mol. The minimum Gasteiger partial charge on any atom is -0.861 e. The van der Waals surface area contributed by atoms with Crippen LogP contribution in [-0.2, 0) is 34.3 Å². The van der Waals surface area contributed by atoms with Gasteiger partial charge in [0.25, 0.3) is 0 Å². The Labute approximate surface area is 303 Å². The maximum absolute atomic E-state index is 13.9. The second-order valence-electron chi connectivity index (χ2n) is 12.6. The van der Waals surface area contributed by atoms with E-state index in [9.17, 15) is 15.0 Å². The van der Waals surface area contributed by atoms with Crippen LogP contribution in [-0.4, -0.2) is 47.7 Å². The zero-order valence-corrected chi connectivity index (χ0v) is 28.6. The van der Waals surface area contributed by atoms with Crippen LogP contribution in [0.25, 0.3) is 0 Å². The molecule has 0 amide bonds. The molecule has 0 saturated carbocycles. The van der Waals surface area contributed by atoms with Crippen LogP contribution in [0.3, 0.4) is 0 Å². The standard InChI is InChI=1S/C42H40N4O3.Ni/c47-41(37-25-14-27-45(37)29-30-15-4-1-5-16-30)43-36-24-13-12-23-35(36)38(32-18-6-2-7-19-32)44-39(42(48)49)40-34-22-11-10-17-31(34)26-28-46(40)33-20-8-3-9-21-33;/h1-13,15-24,37,39-40H,14,25-29H2,(H,43,47)(H,48,49);/q;+2/p-2/t37-,39-,40+;/m0./s1. The van der Waals surface area contributed by atoms with Crippen molar-refractivity contribution in [3.8, 4) is 0 Å². The monoisotopic (exact) mass is 704 g/mol. The molecule has 0 spiro atoms. The Hall–Kier alpha value is -5.04. The van der Waals surface area contributed by atoms with Gasteiger partial charge < -0.3 is 19.9 Å². The summed E-state index contributed by atoms with van der Waals surface area (Å²) in [6, 6.07) is 42.7. The van der Waals surface area contributed by atoms with Gasteiger partial charge in [0.1, 0.15) is 6.04 Å². The molecule has 0 N–H and O–H groups in total. The number of rotatable bonds is 10. The van der Waals surface area contributed by atoms with Gasteiger partial charge in [-0.25, -0.2) is 0 Å². The van der Waals surface area contributed by atoms with E-state index in [-0.39, 0.29) is 28.4 Å². The molecule has 0 unspecified atom stereocenters. The first-order valence-electron chi connectivity index (χ1n) is 16.9. The molecular formula is C42H38N4NiO3. The molecule has 254 valence electrons. The molecule has 0 radical (unpaired) electrons. The number of carbonyl (C=O) groups excluding carboxylic acids is 1. The first kappa shape index (κ1) is 34.8. The Morgan fingerprint density at radius 3 is 2.14 bits per heavy atom. The molecule has 1 fully saturated rings. The van der Waals surface area contributed by atoms with Gasteiger partial charge in [0.15, 0.2) is 0 Å². The SMILES string of the molecule is O=C([O-])[C@@H](N=C(c1ccccc1)c1ccccc1N=C([O-])[C@@H]1CCCN1Cc1ccccc1)[C@H]1c2ccccc2CCN1c1ccccc1.[Ni+2]. The Bertz CT molecular complexity index is 1950. The maximum Gasteiger partial charge on any atom is 2.00 e. The predicted molar refractivity (Wildman–Crippen MR) is 191 cm³/mol. The summed E-state index contributed by atoms with van der Waals surface area (Å²) < 4.78 is 0. The van der Waals surface area contributed by atoms with Crippen LogP contribution >= 0.6 is 0 Å². The van der Waals surface area contributed by atoms with Crippen molar-refractivity contribution in [2.45, 2.75) is 43.9 Å². The fourth-order valence-electron chi connectivity index (χ4n) is 7.21. The number of hydrogen-bond acceptors (Lipinski definition) is 7. The minimum absolute atomic E-state index is 0. The van der Waals surface area contributed by atoms with Gasteiger partial charge in [-0.3, -0.25) is 14.9 Å². The molecule has 3 atom stereocenters. The molecule has 5 aromatic carbocycles. The number of aliphatic imine (C=N–C) groups is 2. The van der Waals surface area contributed by atoms with Crippen molar-refractivity contribution in [3.05, 3.63) is 167 Å². The molecule has 2 aliphatic rings. The number of carboxylic acids is 1. The van der Waals surface area contributed by atoms with Crippen LogP contribution in [0.5, 0.6) is 0 Å². The minimum atomic E-state index is -1.27. The van der Waals surface area contributed by atoms with Crippen LogP contribution in [0, 0.1) is 0 Å². The van der Waals surface area contributed by atoms with Crippen LogP contribution in [0.2, 0.25) is 0 Å².